The summed E-state index contributed by atoms with van der Waals surface area (Å²) in [6.45, 7) is 5.95. The molecule has 0 unspecified atom stereocenters. The minimum atomic E-state index is -4.39. The Hall–Kier alpha value is -4.74. The average Bonchev–Trinajstić information content (AvgIpc) is 3.12. The summed E-state index contributed by atoms with van der Waals surface area (Å²) in [5.74, 6) is 0.276. The largest absolute Gasteiger partial charge is 0.494 e. The van der Waals surface area contributed by atoms with Gasteiger partial charge in [0.05, 0.1) is 31.4 Å². The van der Waals surface area contributed by atoms with Crippen molar-refractivity contribution >= 4 is 39.1 Å². The quantitative estimate of drug-likeness (QED) is 0.135. The van der Waals surface area contributed by atoms with Crippen LogP contribution in [-0.4, -0.2) is 65.1 Å². The molecule has 50 heavy (non-hydrogen) atoms. The molecule has 4 aromatic rings. The number of benzene rings is 4. The molecule has 0 aromatic heterocycles. The fourth-order valence-electron chi connectivity index (χ4n) is 5.29. The van der Waals surface area contributed by atoms with Crippen molar-refractivity contribution in [1.82, 2.24) is 10.2 Å². The third-order valence-electron chi connectivity index (χ3n) is 7.91. The fourth-order valence-corrected chi connectivity index (χ4v) is 6.92. The van der Waals surface area contributed by atoms with E-state index >= 15 is 0 Å². The Labute approximate surface area is 300 Å². The highest BCUT2D eigenvalue weighted by Crippen LogP contribution is 2.33. The van der Waals surface area contributed by atoms with Crippen LogP contribution in [0.3, 0.4) is 0 Å². The van der Waals surface area contributed by atoms with Gasteiger partial charge in [-0.3, -0.25) is 13.9 Å². The predicted molar refractivity (Wildman–Crippen MR) is 195 cm³/mol. The van der Waals surface area contributed by atoms with E-state index in [4.69, 9.17) is 25.8 Å². The first kappa shape index (κ1) is 38.1. The van der Waals surface area contributed by atoms with Gasteiger partial charge in [0, 0.05) is 30.6 Å². The number of hydrogen-bond donors (Lipinski definition) is 1. The first-order valence-electron chi connectivity index (χ1n) is 16.3. The van der Waals surface area contributed by atoms with Crippen molar-refractivity contribution in [2.24, 2.45) is 5.92 Å². The minimum Gasteiger partial charge on any atom is -0.494 e. The number of methoxy groups -OCH3 is 2. The molecule has 12 heteroatoms. The monoisotopic (exact) mass is 721 g/mol. The number of carbonyl (C=O) groups is 2. The number of nitrogens with zero attached hydrogens (tertiary/aromatic N) is 2. The summed E-state index contributed by atoms with van der Waals surface area (Å²) in [5.41, 5.74) is 1.65. The van der Waals surface area contributed by atoms with Crippen LogP contribution in [0.15, 0.2) is 102 Å². The highest BCUT2D eigenvalue weighted by atomic mass is 35.5. The zero-order chi connectivity index (χ0) is 36.3. The van der Waals surface area contributed by atoms with Crippen molar-refractivity contribution in [3.8, 4) is 17.2 Å². The molecular weight excluding hydrogens is 678 g/mol. The topological polar surface area (TPSA) is 114 Å². The molecule has 1 N–H and O–H groups in total. The van der Waals surface area contributed by atoms with Crippen molar-refractivity contribution in [3.63, 3.8) is 0 Å². The molecule has 2 amide bonds. The van der Waals surface area contributed by atoms with E-state index in [1.807, 2.05) is 51.1 Å². The van der Waals surface area contributed by atoms with Crippen LogP contribution < -0.4 is 23.8 Å². The molecule has 0 saturated carbocycles. The standard InChI is InChI=1S/C38H44ClN3O7S/c1-6-49-31-18-16-30(17-19-31)42(50(45,46)32-20-21-35(47-4)36(23-32)48-5)26-37(43)41(25-29-14-10-11-15-33(29)39)34(38(44)40-24-27(2)3)22-28-12-8-7-9-13-28/h7-21,23,27,34H,6,22,24-26H2,1-5H3,(H,40,44)/t34-/m0/s1. The van der Waals surface area contributed by atoms with Gasteiger partial charge in [-0.1, -0.05) is 74.0 Å². The number of rotatable bonds is 17. The van der Waals surface area contributed by atoms with Gasteiger partial charge >= 0.3 is 0 Å². The predicted octanol–water partition coefficient (Wildman–Crippen LogP) is 6.36. The first-order chi connectivity index (χ1) is 24.0. The van der Waals surface area contributed by atoms with E-state index in [0.717, 1.165) is 9.87 Å². The number of sulfonamides is 1. The Bertz CT molecular complexity index is 1840. The Morgan fingerprint density at radius 3 is 2.14 bits per heavy atom. The Balaban J connectivity index is 1.84. The van der Waals surface area contributed by atoms with E-state index in [0.29, 0.717) is 35.2 Å². The SMILES string of the molecule is CCOc1ccc(N(CC(=O)N(Cc2ccccc2Cl)[C@@H](Cc2ccccc2)C(=O)NCC(C)C)S(=O)(=O)c2ccc(OC)c(OC)c2)cc1. The summed E-state index contributed by atoms with van der Waals surface area (Å²) in [5, 5.41) is 3.39. The molecule has 4 rings (SSSR count). The van der Waals surface area contributed by atoms with Crippen LogP contribution in [0.2, 0.25) is 5.02 Å². The van der Waals surface area contributed by atoms with Crippen LogP contribution in [0.5, 0.6) is 17.2 Å². The molecular formula is C38H44ClN3O7S. The molecule has 1 atom stereocenters. The maximum atomic E-state index is 14.7. The molecule has 0 aliphatic carbocycles. The summed E-state index contributed by atoms with van der Waals surface area (Å²) in [6, 6.07) is 26.1. The molecule has 0 radical (unpaired) electrons. The van der Waals surface area contributed by atoms with Gasteiger partial charge in [0.1, 0.15) is 18.3 Å². The van der Waals surface area contributed by atoms with Gasteiger partial charge in [-0.05, 0) is 66.4 Å². The lowest BCUT2D eigenvalue weighted by atomic mass is 10.0. The van der Waals surface area contributed by atoms with Gasteiger partial charge in [0.2, 0.25) is 11.8 Å². The van der Waals surface area contributed by atoms with Crippen LogP contribution in [0.1, 0.15) is 31.9 Å². The second-order valence-electron chi connectivity index (χ2n) is 11.9. The molecule has 10 nitrogen and oxygen atoms in total. The highest BCUT2D eigenvalue weighted by Gasteiger charge is 2.35. The Morgan fingerprint density at radius 2 is 1.52 bits per heavy atom. The zero-order valence-electron chi connectivity index (χ0n) is 29.0. The van der Waals surface area contributed by atoms with Crippen molar-refractivity contribution in [1.29, 1.82) is 0 Å². The first-order valence-corrected chi connectivity index (χ1v) is 18.1. The fraction of sp³-hybridized carbons (Fsp3) is 0.316. The lowest BCUT2D eigenvalue weighted by Crippen LogP contribution is -2.53. The van der Waals surface area contributed by atoms with Crippen molar-refractivity contribution < 1.29 is 32.2 Å². The summed E-state index contributed by atoms with van der Waals surface area (Å²) in [4.78, 5) is 30.0. The normalized spacial score (nSPS) is 11.8. The van der Waals surface area contributed by atoms with E-state index < -0.39 is 28.5 Å². The van der Waals surface area contributed by atoms with Crippen molar-refractivity contribution in [2.45, 2.75) is 44.7 Å². The number of hydrogen-bond acceptors (Lipinski definition) is 7. The average molecular weight is 722 g/mol. The molecule has 4 aromatic carbocycles. The lowest BCUT2D eigenvalue weighted by Gasteiger charge is -2.34. The second kappa shape index (κ2) is 17.8. The van der Waals surface area contributed by atoms with E-state index in [-0.39, 0.29) is 41.1 Å². The van der Waals surface area contributed by atoms with Crippen molar-refractivity contribution in [2.75, 3.05) is 38.2 Å². The Morgan fingerprint density at radius 1 is 0.860 bits per heavy atom. The van der Waals surface area contributed by atoms with Crippen LogP contribution in [-0.2, 0) is 32.6 Å². The van der Waals surface area contributed by atoms with Crippen LogP contribution in [0.4, 0.5) is 5.69 Å². The smallest absolute Gasteiger partial charge is 0.264 e. The summed E-state index contributed by atoms with van der Waals surface area (Å²) in [6.07, 6.45) is 0.187. The third-order valence-corrected chi connectivity index (χ3v) is 10.1. The molecule has 0 aliphatic rings. The van der Waals surface area contributed by atoms with E-state index in [2.05, 4.69) is 5.32 Å². The number of nitrogens with one attached hydrogen (secondary N) is 1. The third kappa shape index (κ3) is 9.70. The number of ether oxygens (including phenoxy) is 3. The molecule has 0 saturated heterocycles. The summed E-state index contributed by atoms with van der Waals surface area (Å²) >= 11 is 6.59. The number of amides is 2. The molecule has 0 aliphatic heterocycles. The lowest BCUT2D eigenvalue weighted by molar-refractivity contribution is -0.140. The Kier molecular flexibility index (Phi) is 13.5. The maximum Gasteiger partial charge on any atom is 0.264 e. The maximum absolute atomic E-state index is 14.7. The molecule has 0 fully saturated rings. The van der Waals surface area contributed by atoms with Crippen LogP contribution >= 0.6 is 11.6 Å². The van der Waals surface area contributed by atoms with E-state index in [9.17, 15) is 18.0 Å². The van der Waals surface area contributed by atoms with E-state index in [1.165, 1.54) is 37.3 Å². The van der Waals surface area contributed by atoms with Gasteiger partial charge in [0.25, 0.3) is 10.0 Å². The van der Waals surface area contributed by atoms with Gasteiger partial charge in [-0.25, -0.2) is 8.42 Å². The molecule has 0 spiro atoms. The minimum absolute atomic E-state index is 0.0430. The number of anilines is 1. The molecule has 0 bridgehead atoms. The number of halogens is 1. The second-order valence-corrected chi connectivity index (χ2v) is 14.2. The van der Waals surface area contributed by atoms with Crippen LogP contribution in [0.25, 0.3) is 0 Å². The number of carbonyl (C=O) groups excluding carboxylic acids is 2. The summed E-state index contributed by atoms with van der Waals surface area (Å²) < 4.78 is 46.3. The van der Waals surface area contributed by atoms with Gasteiger partial charge in [-0.2, -0.15) is 0 Å². The molecule has 266 valence electrons. The van der Waals surface area contributed by atoms with Gasteiger partial charge in [-0.15, -0.1) is 0 Å². The molecule has 0 heterocycles. The zero-order valence-corrected chi connectivity index (χ0v) is 30.5. The highest BCUT2D eigenvalue weighted by molar-refractivity contribution is 7.92. The summed E-state index contributed by atoms with van der Waals surface area (Å²) in [7, 11) is -1.53. The van der Waals surface area contributed by atoms with Crippen LogP contribution in [0, 0.1) is 5.92 Å². The van der Waals surface area contributed by atoms with Crippen molar-refractivity contribution in [3.05, 3.63) is 113 Å². The van der Waals surface area contributed by atoms with Gasteiger partial charge < -0.3 is 24.4 Å². The van der Waals surface area contributed by atoms with E-state index in [1.54, 1.807) is 48.5 Å². The van der Waals surface area contributed by atoms with Gasteiger partial charge in [0.15, 0.2) is 11.5 Å².